The van der Waals surface area contributed by atoms with Crippen LogP contribution >= 0.6 is 0 Å². The van der Waals surface area contributed by atoms with Gasteiger partial charge in [-0.05, 0) is 49.9 Å². The second-order valence-electron chi connectivity index (χ2n) is 7.52. The lowest BCUT2D eigenvalue weighted by Gasteiger charge is -2.21. The van der Waals surface area contributed by atoms with Gasteiger partial charge < -0.3 is 9.88 Å². The van der Waals surface area contributed by atoms with Crippen molar-refractivity contribution in [2.45, 2.75) is 46.7 Å². The second kappa shape index (κ2) is 8.38. The summed E-state index contributed by atoms with van der Waals surface area (Å²) >= 11 is 0. The van der Waals surface area contributed by atoms with Crippen LogP contribution in [0.5, 0.6) is 0 Å². The number of carbonyl (C=O) groups is 1. The molecule has 0 radical (unpaired) electrons. The topological polar surface area (TPSA) is 64.0 Å². The van der Waals surface area contributed by atoms with Crippen molar-refractivity contribution < 1.29 is 4.79 Å². The minimum Gasteiger partial charge on any atom is -0.345 e. The first-order valence-corrected chi connectivity index (χ1v) is 9.77. The Bertz CT molecular complexity index is 1040. The van der Waals surface area contributed by atoms with Crippen molar-refractivity contribution in [2.24, 2.45) is 5.92 Å². The predicted octanol–water partition coefficient (Wildman–Crippen LogP) is 4.24. The Morgan fingerprint density at radius 2 is 1.86 bits per heavy atom. The number of aromatic nitrogens is 2. The molecule has 1 unspecified atom stereocenters. The lowest BCUT2D eigenvalue weighted by Crippen LogP contribution is -2.29. The first-order chi connectivity index (χ1) is 13.4. The largest absolute Gasteiger partial charge is 0.345 e. The van der Waals surface area contributed by atoms with E-state index >= 15 is 0 Å². The molecule has 0 aliphatic rings. The summed E-state index contributed by atoms with van der Waals surface area (Å²) in [6.45, 7) is 8.49. The number of carbonyl (C=O) groups excluding carboxylic acids is 1. The van der Waals surface area contributed by atoms with E-state index in [0.717, 1.165) is 17.5 Å². The van der Waals surface area contributed by atoms with Crippen LogP contribution in [0, 0.1) is 12.8 Å². The van der Waals surface area contributed by atoms with Gasteiger partial charge in [0.15, 0.2) is 0 Å². The maximum absolute atomic E-state index is 13.0. The summed E-state index contributed by atoms with van der Waals surface area (Å²) in [4.78, 5) is 29.6. The summed E-state index contributed by atoms with van der Waals surface area (Å²) in [5.41, 5.74) is 3.40. The zero-order valence-corrected chi connectivity index (χ0v) is 16.9. The number of amides is 1. The van der Waals surface area contributed by atoms with Crippen molar-refractivity contribution in [1.29, 1.82) is 0 Å². The number of rotatable bonds is 6. The molecule has 1 amide bonds. The maximum Gasteiger partial charge on any atom is 0.272 e. The number of nitrogens with one attached hydrogen (secondary N) is 1. The van der Waals surface area contributed by atoms with Crippen LogP contribution in [0.15, 0.2) is 53.3 Å². The Kier molecular flexibility index (Phi) is 5.93. The lowest BCUT2D eigenvalue weighted by molar-refractivity contribution is 0.0932. The first-order valence-electron chi connectivity index (χ1n) is 9.77. The van der Waals surface area contributed by atoms with Gasteiger partial charge in [0.1, 0.15) is 5.69 Å². The average Bonchev–Trinajstić information content (AvgIpc) is 2.68. The van der Waals surface area contributed by atoms with Crippen molar-refractivity contribution in [1.82, 2.24) is 14.9 Å². The van der Waals surface area contributed by atoms with Crippen LogP contribution in [-0.4, -0.2) is 15.5 Å². The SMILES string of the molecule is CCn1c(=O)c(C)nc2cc(C(=O)NC(CC(C)C)c3ccccc3)ccc21. The van der Waals surface area contributed by atoms with Gasteiger partial charge in [-0.1, -0.05) is 44.2 Å². The van der Waals surface area contributed by atoms with Crippen molar-refractivity contribution in [3.63, 3.8) is 0 Å². The Balaban J connectivity index is 1.93. The van der Waals surface area contributed by atoms with Gasteiger partial charge in [0.05, 0.1) is 17.1 Å². The molecular weight excluding hydrogens is 350 g/mol. The van der Waals surface area contributed by atoms with E-state index in [2.05, 4.69) is 24.1 Å². The quantitative estimate of drug-likeness (QED) is 0.699. The number of benzene rings is 2. The number of fused-ring (bicyclic) bond motifs is 1. The average molecular weight is 377 g/mol. The minimum atomic E-state index is -0.134. The Morgan fingerprint density at radius 1 is 1.14 bits per heavy atom. The van der Waals surface area contributed by atoms with Crippen LogP contribution < -0.4 is 10.9 Å². The van der Waals surface area contributed by atoms with Crippen LogP contribution in [0.25, 0.3) is 11.0 Å². The normalized spacial score (nSPS) is 12.3. The van der Waals surface area contributed by atoms with E-state index in [9.17, 15) is 9.59 Å². The highest BCUT2D eigenvalue weighted by Gasteiger charge is 2.18. The van der Waals surface area contributed by atoms with Crippen LogP contribution in [0.4, 0.5) is 0 Å². The molecule has 5 heteroatoms. The third-order valence-corrected chi connectivity index (χ3v) is 4.90. The van der Waals surface area contributed by atoms with Crippen LogP contribution in [-0.2, 0) is 6.54 Å². The minimum absolute atomic E-state index is 0.0521. The van der Waals surface area contributed by atoms with Gasteiger partial charge >= 0.3 is 0 Å². The monoisotopic (exact) mass is 377 g/mol. The molecule has 0 spiro atoms. The molecule has 5 nitrogen and oxygen atoms in total. The molecule has 0 bridgehead atoms. The molecule has 1 atom stereocenters. The molecule has 146 valence electrons. The number of hydrogen-bond donors (Lipinski definition) is 1. The first kappa shape index (κ1) is 19.8. The van der Waals surface area contributed by atoms with E-state index < -0.39 is 0 Å². The molecule has 28 heavy (non-hydrogen) atoms. The summed E-state index contributed by atoms with van der Waals surface area (Å²) in [6.07, 6.45) is 0.857. The number of hydrogen-bond acceptors (Lipinski definition) is 3. The highest BCUT2D eigenvalue weighted by Crippen LogP contribution is 2.22. The fraction of sp³-hybridized carbons (Fsp3) is 0.348. The third-order valence-electron chi connectivity index (χ3n) is 4.90. The Morgan fingerprint density at radius 3 is 2.50 bits per heavy atom. The highest BCUT2D eigenvalue weighted by atomic mass is 16.1. The summed E-state index contributed by atoms with van der Waals surface area (Å²) in [5.74, 6) is 0.315. The van der Waals surface area contributed by atoms with Crippen molar-refractivity contribution in [3.05, 3.63) is 75.7 Å². The van der Waals surface area contributed by atoms with E-state index in [4.69, 9.17) is 0 Å². The molecular formula is C23H27N3O2. The molecule has 1 N–H and O–H groups in total. The number of aryl methyl sites for hydroxylation is 2. The summed E-state index contributed by atoms with van der Waals surface area (Å²) in [7, 11) is 0. The highest BCUT2D eigenvalue weighted by molar-refractivity contribution is 5.97. The van der Waals surface area contributed by atoms with E-state index in [1.807, 2.05) is 43.3 Å². The second-order valence-corrected chi connectivity index (χ2v) is 7.52. The van der Waals surface area contributed by atoms with E-state index in [-0.39, 0.29) is 17.5 Å². The molecule has 3 aromatic rings. The van der Waals surface area contributed by atoms with Crippen LogP contribution in [0.1, 0.15) is 54.8 Å². The Labute approximate surface area is 165 Å². The fourth-order valence-electron chi connectivity index (χ4n) is 3.51. The predicted molar refractivity (Wildman–Crippen MR) is 113 cm³/mol. The fourth-order valence-corrected chi connectivity index (χ4v) is 3.51. The van der Waals surface area contributed by atoms with Gasteiger partial charge in [-0.25, -0.2) is 4.98 Å². The van der Waals surface area contributed by atoms with Gasteiger partial charge in [-0.3, -0.25) is 9.59 Å². The van der Waals surface area contributed by atoms with Gasteiger partial charge in [0, 0.05) is 12.1 Å². The summed E-state index contributed by atoms with van der Waals surface area (Å²) < 4.78 is 1.69. The van der Waals surface area contributed by atoms with Gasteiger partial charge in [-0.15, -0.1) is 0 Å². The lowest BCUT2D eigenvalue weighted by atomic mass is 9.96. The summed E-state index contributed by atoms with van der Waals surface area (Å²) in [6, 6.07) is 15.3. The molecule has 0 aliphatic carbocycles. The van der Waals surface area contributed by atoms with Crippen LogP contribution in [0.2, 0.25) is 0 Å². The van der Waals surface area contributed by atoms with Crippen molar-refractivity contribution in [2.75, 3.05) is 0 Å². The molecule has 1 aromatic heterocycles. The third kappa shape index (κ3) is 4.14. The molecule has 2 aromatic carbocycles. The molecule has 0 aliphatic heterocycles. The molecule has 3 rings (SSSR count). The zero-order valence-electron chi connectivity index (χ0n) is 16.9. The molecule has 0 saturated heterocycles. The molecule has 0 saturated carbocycles. The van der Waals surface area contributed by atoms with Gasteiger partial charge in [-0.2, -0.15) is 0 Å². The van der Waals surface area contributed by atoms with Crippen LogP contribution in [0.3, 0.4) is 0 Å². The van der Waals surface area contributed by atoms with Gasteiger partial charge in [0.25, 0.3) is 11.5 Å². The van der Waals surface area contributed by atoms with E-state index in [1.54, 1.807) is 23.6 Å². The number of nitrogens with zero attached hydrogens (tertiary/aromatic N) is 2. The Hall–Kier alpha value is -2.95. The van der Waals surface area contributed by atoms with Crippen molar-refractivity contribution in [3.8, 4) is 0 Å². The summed E-state index contributed by atoms with van der Waals surface area (Å²) in [5, 5.41) is 3.16. The zero-order chi connectivity index (χ0) is 20.3. The van der Waals surface area contributed by atoms with Crippen molar-refractivity contribution >= 4 is 16.9 Å². The van der Waals surface area contributed by atoms with Gasteiger partial charge in [0.2, 0.25) is 0 Å². The standard InChI is InChI=1S/C23H27N3O2/c1-5-26-21-12-11-18(14-20(21)24-16(4)23(26)28)22(27)25-19(13-15(2)3)17-9-7-6-8-10-17/h6-12,14-15,19H,5,13H2,1-4H3,(H,25,27). The smallest absolute Gasteiger partial charge is 0.272 e. The van der Waals surface area contributed by atoms with E-state index in [0.29, 0.717) is 29.2 Å². The molecule has 0 fully saturated rings. The van der Waals surface area contributed by atoms with E-state index in [1.165, 1.54) is 0 Å². The molecule has 1 heterocycles. The maximum atomic E-state index is 13.0.